The SMILES string of the molecule is COc1ccc(NC(=O)c2cc(S(=O)(=O)F)c[nH]2)cc1NS(C)(=O)=O. The Morgan fingerprint density at radius 2 is 1.88 bits per heavy atom. The van der Waals surface area contributed by atoms with Gasteiger partial charge in [-0.15, -0.1) is 3.89 Å². The number of sulfonamides is 1. The van der Waals surface area contributed by atoms with E-state index in [4.69, 9.17) is 4.74 Å². The Balaban J connectivity index is 2.26. The molecule has 1 aromatic carbocycles. The maximum Gasteiger partial charge on any atom is 0.333 e. The molecule has 0 unspecified atom stereocenters. The quantitative estimate of drug-likeness (QED) is 0.636. The molecule has 12 heteroatoms. The van der Waals surface area contributed by atoms with E-state index < -0.39 is 31.0 Å². The summed E-state index contributed by atoms with van der Waals surface area (Å²) in [5.74, 6) is -0.514. The first-order chi connectivity index (χ1) is 11.5. The number of aromatic nitrogens is 1. The second-order valence-electron chi connectivity index (χ2n) is 4.93. The highest BCUT2D eigenvalue weighted by Gasteiger charge is 2.18. The molecule has 0 bridgehead atoms. The van der Waals surface area contributed by atoms with E-state index in [-0.39, 0.29) is 22.8 Å². The Kier molecular flexibility index (Phi) is 5.04. The molecule has 2 aromatic rings. The number of amides is 1. The van der Waals surface area contributed by atoms with Gasteiger partial charge in [-0.2, -0.15) is 8.42 Å². The van der Waals surface area contributed by atoms with Crippen LogP contribution in [0.3, 0.4) is 0 Å². The minimum atomic E-state index is -4.93. The molecule has 0 aliphatic carbocycles. The Labute approximate surface area is 143 Å². The van der Waals surface area contributed by atoms with Gasteiger partial charge in [-0.25, -0.2) is 8.42 Å². The van der Waals surface area contributed by atoms with Crippen molar-refractivity contribution >= 4 is 37.5 Å². The fourth-order valence-corrected chi connectivity index (χ4v) is 2.93. The maximum atomic E-state index is 12.9. The highest BCUT2D eigenvalue weighted by atomic mass is 32.3. The maximum absolute atomic E-state index is 12.9. The highest BCUT2D eigenvalue weighted by Crippen LogP contribution is 2.28. The third kappa shape index (κ3) is 4.93. The Bertz CT molecular complexity index is 1010. The fourth-order valence-electron chi connectivity index (χ4n) is 1.91. The van der Waals surface area contributed by atoms with Gasteiger partial charge in [0.15, 0.2) is 0 Å². The zero-order chi connectivity index (χ0) is 18.8. The van der Waals surface area contributed by atoms with Gasteiger partial charge < -0.3 is 15.0 Å². The van der Waals surface area contributed by atoms with E-state index in [1.807, 2.05) is 0 Å². The standard InChI is InChI=1S/C13H14FN3O6S2/c1-23-12-4-3-8(5-10(12)17-24(2,19)20)16-13(18)11-6-9(7-15-11)25(14,21)22/h3-7,15,17H,1-2H3,(H,16,18). The van der Waals surface area contributed by atoms with Crippen molar-refractivity contribution in [2.75, 3.05) is 23.4 Å². The van der Waals surface area contributed by atoms with Crippen molar-refractivity contribution in [3.8, 4) is 5.75 Å². The summed E-state index contributed by atoms with van der Waals surface area (Å²) in [6.07, 6.45) is 1.80. The second-order valence-corrected chi connectivity index (χ2v) is 8.03. The molecule has 0 saturated heterocycles. The summed E-state index contributed by atoms with van der Waals surface area (Å²) in [6.45, 7) is 0. The number of methoxy groups -OCH3 is 1. The topological polar surface area (TPSA) is 134 Å². The van der Waals surface area contributed by atoms with Crippen molar-refractivity contribution in [1.82, 2.24) is 4.98 Å². The van der Waals surface area contributed by atoms with E-state index in [9.17, 15) is 25.5 Å². The summed E-state index contributed by atoms with van der Waals surface area (Å²) in [4.78, 5) is 13.7. The van der Waals surface area contributed by atoms with Gasteiger partial charge >= 0.3 is 10.2 Å². The fraction of sp³-hybridized carbons (Fsp3) is 0.154. The minimum Gasteiger partial charge on any atom is -0.495 e. The van der Waals surface area contributed by atoms with Gasteiger partial charge in [0.25, 0.3) is 5.91 Å². The molecule has 3 N–H and O–H groups in total. The largest absolute Gasteiger partial charge is 0.495 e. The van der Waals surface area contributed by atoms with Gasteiger partial charge in [0.2, 0.25) is 10.0 Å². The number of nitrogens with one attached hydrogen (secondary N) is 3. The van der Waals surface area contributed by atoms with Crippen molar-refractivity contribution < 1.29 is 30.3 Å². The van der Waals surface area contributed by atoms with Crippen LogP contribution in [0.5, 0.6) is 5.75 Å². The first-order valence-electron chi connectivity index (χ1n) is 6.60. The van der Waals surface area contributed by atoms with Crippen molar-refractivity contribution in [1.29, 1.82) is 0 Å². The van der Waals surface area contributed by atoms with E-state index in [1.54, 1.807) is 0 Å². The summed E-state index contributed by atoms with van der Waals surface area (Å²) in [6, 6.07) is 5.02. The first-order valence-corrected chi connectivity index (χ1v) is 9.87. The minimum absolute atomic E-state index is 0.0984. The van der Waals surface area contributed by atoms with Crippen LogP contribution < -0.4 is 14.8 Å². The molecule has 0 aliphatic rings. The molecule has 9 nitrogen and oxygen atoms in total. The number of aromatic amines is 1. The molecule has 1 aromatic heterocycles. The van der Waals surface area contributed by atoms with Crippen LogP contribution in [0, 0.1) is 0 Å². The van der Waals surface area contributed by atoms with Gasteiger partial charge in [0.05, 0.1) is 19.1 Å². The Hall–Kier alpha value is -2.60. The van der Waals surface area contributed by atoms with Crippen molar-refractivity contribution in [3.05, 3.63) is 36.2 Å². The molecule has 1 amide bonds. The summed E-state index contributed by atoms with van der Waals surface area (Å²) in [7, 11) is -7.16. The lowest BCUT2D eigenvalue weighted by Crippen LogP contribution is -2.14. The highest BCUT2D eigenvalue weighted by molar-refractivity contribution is 7.92. The number of carbonyl (C=O) groups excluding carboxylic acids is 1. The van der Waals surface area contributed by atoms with Crippen LogP contribution in [0.15, 0.2) is 35.4 Å². The number of anilines is 2. The van der Waals surface area contributed by atoms with Crippen LogP contribution in [0.1, 0.15) is 10.5 Å². The average molecular weight is 391 g/mol. The van der Waals surface area contributed by atoms with Crippen LogP contribution in [0.2, 0.25) is 0 Å². The number of benzene rings is 1. The van der Waals surface area contributed by atoms with E-state index in [0.29, 0.717) is 0 Å². The molecule has 0 spiro atoms. The normalized spacial score (nSPS) is 11.8. The van der Waals surface area contributed by atoms with Gasteiger partial charge in [-0.05, 0) is 24.3 Å². The zero-order valence-corrected chi connectivity index (χ0v) is 14.7. The molecule has 1 heterocycles. The zero-order valence-electron chi connectivity index (χ0n) is 13.0. The molecular weight excluding hydrogens is 377 g/mol. The van der Waals surface area contributed by atoms with Gasteiger partial charge in [-0.1, -0.05) is 0 Å². The molecule has 0 atom stereocenters. The number of ether oxygens (including phenoxy) is 1. The number of halogens is 1. The van der Waals surface area contributed by atoms with Crippen LogP contribution in [-0.2, 0) is 20.2 Å². The molecule has 2 rings (SSSR count). The Morgan fingerprint density at radius 3 is 2.40 bits per heavy atom. The van der Waals surface area contributed by atoms with Crippen LogP contribution in [0.25, 0.3) is 0 Å². The van der Waals surface area contributed by atoms with Crippen molar-refractivity contribution in [2.24, 2.45) is 0 Å². The van der Waals surface area contributed by atoms with Gasteiger partial charge in [-0.3, -0.25) is 9.52 Å². The number of rotatable bonds is 6. The molecule has 0 aliphatic heterocycles. The lowest BCUT2D eigenvalue weighted by atomic mass is 10.2. The van der Waals surface area contributed by atoms with Gasteiger partial charge in [0.1, 0.15) is 16.3 Å². The molecule has 0 saturated carbocycles. The number of hydrogen-bond donors (Lipinski definition) is 3. The second kappa shape index (κ2) is 6.72. The number of H-pyrrole nitrogens is 1. The third-order valence-electron chi connectivity index (χ3n) is 2.94. The van der Waals surface area contributed by atoms with E-state index in [0.717, 1.165) is 18.5 Å². The molecule has 25 heavy (non-hydrogen) atoms. The first kappa shape index (κ1) is 18.7. The molecule has 0 radical (unpaired) electrons. The van der Waals surface area contributed by atoms with Crippen LogP contribution >= 0.6 is 0 Å². The molecule has 136 valence electrons. The predicted octanol–water partition coefficient (Wildman–Crippen LogP) is 1.31. The Morgan fingerprint density at radius 1 is 1.20 bits per heavy atom. The van der Waals surface area contributed by atoms with Crippen LogP contribution in [-0.4, -0.2) is 41.1 Å². The van der Waals surface area contributed by atoms with E-state index in [2.05, 4.69) is 15.0 Å². The van der Waals surface area contributed by atoms with Crippen molar-refractivity contribution in [3.63, 3.8) is 0 Å². The summed E-state index contributed by atoms with van der Waals surface area (Å²) >= 11 is 0. The average Bonchev–Trinajstić information content (AvgIpc) is 2.96. The number of carbonyl (C=O) groups is 1. The molecular formula is C13H14FN3O6S2. The number of hydrogen-bond acceptors (Lipinski definition) is 6. The monoisotopic (exact) mass is 391 g/mol. The van der Waals surface area contributed by atoms with Crippen LogP contribution in [0.4, 0.5) is 15.3 Å². The summed E-state index contributed by atoms with van der Waals surface area (Å²) in [5, 5.41) is 2.42. The lowest BCUT2D eigenvalue weighted by Gasteiger charge is -2.12. The van der Waals surface area contributed by atoms with E-state index >= 15 is 0 Å². The van der Waals surface area contributed by atoms with E-state index in [1.165, 1.54) is 25.3 Å². The summed E-state index contributed by atoms with van der Waals surface area (Å²) in [5.41, 5.74) is 0.113. The smallest absolute Gasteiger partial charge is 0.333 e. The predicted molar refractivity (Wildman–Crippen MR) is 88.5 cm³/mol. The molecule has 0 fully saturated rings. The van der Waals surface area contributed by atoms with Gasteiger partial charge in [0, 0.05) is 11.9 Å². The third-order valence-corrected chi connectivity index (χ3v) is 4.32. The summed E-state index contributed by atoms with van der Waals surface area (Å²) < 4.78 is 64.4. The lowest BCUT2D eigenvalue weighted by molar-refractivity contribution is 0.102. The van der Waals surface area contributed by atoms with Crippen molar-refractivity contribution in [2.45, 2.75) is 4.90 Å².